The molecule has 0 saturated carbocycles. The molecule has 120 valence electrons. The van der Waals surface area contributed by atoms with Crippen molar-refractivity contribution in [2.75, 3.05) is 31.4 Å². The summed E-state index contributed by atoms with van der Waals surface area (Å²) in [6.07, 6.45) is 0.249. The lowest BCUT2D eigenvalue weighted by molar-refractivity contribution is 0.101. The Hall–Kier alpha value is -1.77. The smallest absolute Gasteiger partial charge is 0.225 e. The van der Waals surface area contributed by atoms with E-state index in [0.29, 0.717) is 17.2 Å². The van der Waals surface area contributed by atoms with Crippen LogP contribution in [0.15, 0.2) is 23.1 Å². The molecule has 2 aromatic rings. The van der Waals surface area contributed by atoms with Gasteiger partial charge >= 0.3 is 0 Å². The molecule has 7 nitrogen and oxygen atoms in total. The number of nitrogens with zero attached hydrogens (tertiary/aromatic N) is 3. The van der Waals surface area contributed by atoms with Crippen molar-refractivity contribution in [3.63, 3.8) is 0 Å². The third-order valence-electron chi connectivity index (χ3n) is 3.31. The summed E-state index contributed by atoms with van der Waals surface area (Å²) >= 11 is 0. The van der Waals surface area contributed by atoms with Crippen LogP contribution in [0.3, 0.4) is 0 Å². The zero-order chi connectivity index (χ0) is 16.5. The van der Waals surface area contributed by atoms with E-state index in [9.17, 15) is 13.5 Å². The number of sulfone groups is 1. The van der Waals surface area contributed by atoms with Crippen LogP contribution in [0.4, 0.5) is 5.95 Å². The first kappa shape index (κ1) is 16.6. The van der Waals surface area contributed by atoms with E-state index in [1.54, 1.807) is 18.0 Å². The minimum Gasteiger partial charge on any atom is -0.394 e. The molecular formula is C14H19N3O4S. The first-order chi connectivity index (χ1) is 10.2. The third kappa shape index (κ3) is 3.52. The molecule has 0 unspecified atom stereocenters. The molecular weight excluding hydrogens is 306 g/mol. The first-order valence-corrected chi connectivity index (χ1v) is 8.60. The quantitative estimate of drug-likeness (QED) is 0.805. The fraction of sp³-hybridized carbons (Fsp3) is 0.429. The lowest BCUT2D eigenvalue weighted by Gasteiger charge is -2.20. The number of likely N-dealkylation sites (N-methyl/N-ethyl adjacent to an activating group) is 1. The highest BCUT2D eigenvalue weighted by Gasteiger charge is 2.14. The molecule has 2 N–H and O–H groups in total. The van der Waals surface area contributed by atoms with Gasteiger partial charge in [0.05, 0.1) is 28.8 Å². The van der Waals surface area contributed by atoms with Crippen LogP contribution in [0.25, 0.3) is 10.9 Å². The maximum Gasteiger partial charge on any atom is 0.225 e. The molecule has 1 aromatic carbocycles. The van der Waals surface area contributed by atoms with Crippen molar-refractivity contribution in [3.05, 3.63) is 23.9 Å². The Morgan fingerprint density at radius 2 is 2.00 bits per heavy atom. The number of aliphatic hydroxyl groups is 2. The van der Waals surface area contributed by atoms with E-state index < -0.39 is 15.9 Å². The molecule has 0 aliphatic rings. The van der Waals surface area contributed by atoms with Gasteiger partial charge in [0.1, 0.15) is 0 Å². The highest BCUT2D eigenvalue weighted by atomic mass is 32.2. The molecule has 1 atom stereocenters. The maximum atomic E-state index is 11.6. The first-order valence-electron chi connectivity index (χ1n) is 6.71. The molecule has 0 aliphatic carbocycles. The van der Waals surface area contributed by atoms with Crippen LogP contribution in [-0.4, -0.2) is 61.2 Å². The van der Waals surface area contributed by atoms with Crippen LogP contribution in [-0.2, 0) is 9.84 Å². The SMILES string of the molecule is Cc1nc(N(C)C[C@@H](O)CO)nc2cc(S(C)(=O)=O)ccc12. The molecule has 2 rings (SSSR count). The number of hydrogen-bond donors (Lipinski definition) is 2. The molecule has 0 amide bonds. The Morgan fingerprint density at radius 3 is 2.59 bits per heavy atom. The Balaban J connectivity index is 2.50. The fourth-order valence-corrected chi connectivity index (χ4v) is 2.75. The summed E-state index contributed by atoms with van der Waals surface area (Å²) in [4.78, 5) is 10.5. The zero-order valence-electron chi connectivity index (χ0n) is 12.7. The van der Waals surface area contributed by atoms with Crippen molar-refractivity contribution in [2.45, 2.75) is 17.9 Å². The van der Waals surface area contributed by atoms with Crippen LogP contribution in [0, 0.1) is 6.92 Å². The van der Waals surface area contributed by atoms with Crippen LogP contribution < -0.4 is 4.90 Å². The second kappa shape index (κ2) is 6.15. The largest absolute Gasteiger partial charge is 0.394 e. The summed E-state index contributed by atoms with van der Waals surface area (Å²) in [6, 6.07) is 4.74. The maximum absolute atomic E-state index is 11.6. The summed E-state index contributed by atoms with van der Waals surface area (Å²) in [5, 5.41) is 19.2. The third-order valence-corrected chi connectivity index (χ3v) is 4.42. The van der Waals surface area contributed by atoms with Gasteiger partial charge in [-0.25, -0.2) is 18.4 Å². The second-order valence-electron chi connectivity index (χ2n) is 5.28. The van der Waals surface area contributed by atoms with Crippen molar-refractivity contribution < 1.29 is 18.6 Å². The van der Waals surface area contributed by atoms with Crippen LogP contribution >= 0.6 is 0 Å². The van der Waals surface area contributed by atoms with E-state index in [-0.39, 0.29) is 18.0 Å². The summed E-state index contributed by atoms with van der Waals surface area (Å²) in [7, 11) is -1.62. The van der Waals surface area contributed by atoms with Crippen molar-refractivity contribution >= 4 is 26.7 Å². The Bertz CT molecular complexity index is 792. The second-order valence-corrected chi connectivity index (χ2v) is 7.29. The molecule has 8 heteroatoms. The number of aryl methyl sites for hydroxylation is 1. The molecule has 0 aliphatic heterocycles. The van der Waals surface area contributed by atoms with E-state index in [1.165, 1.54) is 12.1 Å². The van der Waals surface area contributed by atoms with Crippen molar-refractivity contribution in [1.82, 2.24) is 9.97 Å². The van der Waals surface area contributed by atoms with E-state index in [4.69, 9.17) is 5.11 Å². The summed E-state index contributed by atoms with van der Waals surface area (Å²) in [5.74, 6) is 0.364. The number of aliphatic hydroxyl groups excluding tert-OH is 2. The number of hydrogen-bond acceptors (Lipinski definition) is 7. The minimum atomic E-state index is -3.31. The van der Waals surface area contributed by atoms with Crippen molar-refractivity contribution in [2.24, 2.45) is 0 Å². The van der Waals surface area contributed by atoms with Crippen LogP contribution in [0.1, 0.15) is 5.69 Å². The van der Waals surface area contributed by atoms with Crippen LogP contribution in [0.2, 0.25) is 0 Å². The number of rotatable bonds is 5. The lowest BCUT2D eigenvalue weighted by Crippen LogP contribution is -2.32. The highest BCUT2D eigenvalue weighted by molar-refractivity contribution is 7.90. The minimum absolute atomic E-state index is 0.174. The Kier molecular flexibility index (Phi) is 4.64. The number of fused-ring (bicyclic) bond motifs is 1. The normalized spacial score (nSPS) is 13.3. The highest BCUT2D eigenvalue weighted by Crippen LogP contribution is 2.22. The van der Waals surface area contributed by atoms with Gasteiger partial charge in [0, 0.05) is 25.2 Å². The number of aromatic nitrogens is 2. The van der Waals surface area contributed by atoms with E-state index >= 15 is 0 Å². The van der Waals surface area contributed by atoms with Gasteiger partial charge in [-0.1, -0.05) is 0 Å². The zero-order valence-corrected chi connectivity index (χ0v) is 13.5. The van der Waals surface area contributed by atoms with Gasteiger partial charge in [0.15, 0.2) is 9.84 Å². The predicted octanol–water partition coefficient (Wildman–Crippen LogP) is 0.131. The molecule has 1 heterocycles. The molecule has 0 saturated heterocycles. The Labute approximate surface area is 129 Å². The van der Waals surface area contributed by atoms with Crippen molar-refractivity contribution in [1.29, 1.82) is 0 Å². The topological polar surface area (TPSA) is 104 Å². The van der Waals surface area contributed by atoms with Crippen molar-refractivity contribution in [3.8, 4) is 0 Å². The average Bonchev–Trinajstić information content (AvgIpc) is 2.45. The standard InChI is InChI=1S/C14H19N3O4S/c1-9-12-5-4-11(22(3,20)21)6-13(12)16-14(15-9)17(2)7-10(19)8-18/h4-6,10,18-19H,7-8H2,1-3H3/t10-/m1/s1. The average molecular weight is 325 g/mol. The molecule has 22 heavy (non-hydrogen) atoms. The van der Waals surface area contributed by atoms with Gasteiger partial charge in [-0.2, -0.15) is 0 Å². The van der Waals surface area contributed by atoms with E-state index in [1.807, 2.05) is 6.92 Å². The molecule has 0 radical (unpaired) electrons. The lowest BCUT2D eigenvalue weighted by atomic mass is 10.2. The monoisotopic (exact) mass is 325 g/mol. The molecule has 0 spiro atoms. The van der Waals surface area contributed by atoms with Gasteiger partial charge in [-0.15, -0.1) is 0 Å². The van der Waals surface area contributed by atoms with E-state index in [0.717, 1.165) is 11.6 Å². The molecule has 0 fully saturated rings. The summed E-state index contributed by atoms with van der Waals surface area (Å²) in [6.45, 7) is 1.63. The van der Waals surface area contributed by atoms with Gasteiger partial charge in [0.2, 0.25) is 5.95 Å². The summed E-state index contributed by atoms with van der Waals surface area (Å²) in [5.41, 5.74) is 1.24. The van der Waals surface area contributed by atoms with Crippen LogP contribution in [0.5, 0.6) is 0 Å². The van der Waals surface area contributed by atoms with Gasteiger partial charge in [-0.3, -0.25) is 0 Å². The van der Waals surface area contributed by atoms with Gasteiger partial charge < -0.3 is 15.1 Å². The van der Waals surface area contributed by atoms with Gasteiger partial charge in [0.25, 0.3) is 0 Å². The fourth-order valence-electron chi connectivity index (χ4n) is 2.11. The van der Waals surface area contributed by atoms with Gasteiger partial charge in [-0.05, 0) is 25.1 Å². The van der Waals surface area contributed by atoms with E-state index in [2.05, 4.69) is 9.97 Å². The molecule has 0 bridgehead atoms. The number of benzene rings is 1. The Morgan fingerprint density at radius 1 is 1.32 bits per heavy atom. The number of anilines is 1. The predicted molar refractivity (Wildman–Crippen MR) is 83.7 cm³/mol. The molecule has 1 aromatic heterocycles. The summed E-state index contributed by atoms with van der Waals surface area (Å²) < 4.78 is 23.3.